The molecule has 24 heavy (non-hydrogen) atoms. The number of nitrogens with one attached hydrogen (secondary N) is 1. The highest BCUT2D eigenvalue weighted by Gasteiger charge is 2.14. The molecule has 0 radical (unpaired) electrons. The van der Waals surface area contributed by atoms with Gasteiger partial charge in [-0.15, -0.1) is 0 Å². The Kier molecular flexibility index (Phi) is 5.43. The molecule has 6 nitrogen and oxygen atoms in total. The number of methoxy groups -OCH3 is 1. The van der Waals surface area contributed by atoms with Crippen molar-refractivity contribution in [1.29, 1.82) is 0 Å². The first-order valence-corrected chi connectivity index (χ1v) is 8.04. The lowest BCUT2D eigenvalue weighted by molar-refractivity contribution is 0.264. The van der Waals surface area contributed by atoms with Gasteiger partial charge in [-0.05, 0) is 30.5 Å². The number of piperidine rings is 1. The van der Waals surface area contributed by atoms with Crippen LogP contribution >= 0.6 is 0 Å². The molecule has 1 aromatic heterocycles. The number of ether oxygens (including phenoxy) is 2. The van der Waals surface area contributed by atoms with E-state index in [4.69, 9.17) is 9.47 Å². The van der Waals surface area contributed by atoms with Crippen LogP contribution in [-0.4, -0.2) is 35.2 Å². The van der Waals surface area contributed by atoms with E-state index in [2.05, 4.69) is 15.4 Å². The summed E-state index contributed by atoms with van der Waals surface area (Å²) in [6.07, 6.45) is 4.53. The van der Waals surface area contributed by atoms with Crippen molar-refractivity contribution >= 4 is 5.82 Å². The van der Waals surface area contributed by atoms with E-state index in [1.807, 2.05) is 29.3 Å². The van der Waals surface area contributed by atoms with Crippen LogP contribution in [0, 0.1) is 5.82 Å². The highest BCUT2D eigenvalue weighted by Crippen LogP contribution is 2.18. The summed E-state index contributed by atoms with van der Waals surface area (Å²) < 4.78 is 24.6. The van der Waals surface area contributed by atoms with Crippen LogP contribution in [0.15, 0.2) is 30.5 Å². The second kappa shape index (κ2) is 7.92. The number of benzene rings is 1. The Morgan fingerprint density at radius 2 is 2.08 bits per heavy atom. The number of aromatic nitrogens is 2. The third-order valence-electron chi connectivity index (χ3n) is 3.84. The van der Waals surface area contributed by atoms with Crippen LogP contribution in [0.25, 0.3) is 0 Å². The smallest absolute Gasteiger partial charge is 0.318 e. The summed E-state index contributed by atoms with van der Waals surface area (Å²) in [4.78, 5) is 8.02. The zero-order chi connectivity index (χ0) is 16.8. The van der Waals surface area contributed by atoms with Crippen LogP contribution in [0.5, 0.6) is 11.8 Å². The van der Waals surface area contributed by atoms with Crippen LogP contribution in [0.2, 0.25) is 0 Å². The molecule has 128 valence electrons. The molecule has 7 heteroatoms. The number of hydrazine groups is 1. The molecule has 0 aliphatic carbocycles. The normalized spacial score (nSPS) is 15.1. The van der Waals surface area contributed by atoms with Crippen molar-refractivity contribution in [3.05, 3.63) is 41.8 Å². The lowest BCUT2D eigenvalue weighted by Gasteiger charge is -2.27. The SMILES string of the molecule is COc1cccc(COc2ncc(F)c(NN3CCCCC3)n2)c1. The molecule has 0 unspecified atom stereocenters. The van der Waals surface area contributed by atoms with Crippen LogP contribution in [0.3, 0.4) is 0 Å². The summed E-state index contributed by atoms with van der Waals surface area (Å²) in [5.41, 5.74) is 3.94. The van der Waals surface area contributed by atoms with Gasteiger partial charge in [-0.3, -0.25) is 0 Å². The summed E-state index contributed by atoms with van der Waals surface area (Å²) >= 11 is 0. The van der Waals surface area contributed by atoms with Gasteiger partial charge in [-0.1, -0.05) is 18.6 Å². The molecule has 1 fully saturated rings. The van der Waals surface area contributed by atoms with Gasteiger partial charge in [-0.2, -0.15) is 4.98 Å². The summed E-state index contributed by atoms with van der Waals surface area (Å²) in [5, 5.41) is 1.97. The van der Waals surface area contributed by atoms with Gasteiger partial charge in [0.05, 0.1) is 13.3 Å². The summed E-state index contributed by atoms with van der Waals surface area (Å²) in [5.74, 6) is 0.408. The van der Waals surface area contributed by atoms with Crippen molar-refractivity contribution in [2.75, 3.05) is 25.6 Å². The molecule has 0 bridgehead atoms. The second-order valence-corrected chi connectivity index (χ2v) is 5.65. The van der Waals surface area contributed by atoms with Gasteiger partial charge in [0, 0.05) is 13.1 Å². The molecular weight excluding hydrogens is 311 g/mol. The maximum absolute atomic E-state index is 13.9. The predicted molar refractivity (Wildman–Crippen MR) is 88.4 cm³/mol. The van der Waals surface area contributed by atoms with E-state index in [-0.39, 0.29) is 18.4 Å². The number of nitrogens with zero attached hydrogens (tertiary/aromatic N) is 3. The zero-order valence-electron chi connectivity index (χ0n) is 13.7. The molecule has 2 aromatic rings. The quantitative estimate of drug-likeness (QED) is 0.877. The van der Waals surface area contributed by atoms with Crippen LogP contribution in [0.4, 0.5) is 10.2 Å². The molecule has 0 saturated carbocycles. The number of hydrogen-bond donors (Lipinski definition) is 1. The Bertz CT molecular complexity index is 677. The standard InChI is InChI=1S/C17H21FN4O2/c1-23-14-7-5-6-13(10-14)12-24-17-19-11-15(18)16(20-17)21-22-8-3-2-4-9-22/h5-7,10-11H,2-4,8-9,12H2,1H3,(H,19,20,21). The number of anilines is 1. The van der Waals surface area contributed by atoms with Gasteiger partial charge in [-0.25, -0.2) is 14.4 Å². The van der Waals surface area contributed by atoms with Crippen molar-refractivity contribution in [1.82, 2.24) is 15.0 Å². The van der Waals surface area contributed by atoms with E-state index in [1.54, 1.807) is 7.11 Å². The van der Waals surface area contributed by atoms with Crippen LogP contribution in [-0.2, 0) is 6.61 Å². The fraction of sp³-hybridized carbons (Fsp3) is 0.412. The fourth-order valence-electron chi connectivity index (χ4n) is 2.56. The lowest BCUT2D eigenvalue weighted by Crippen LogP contribution is -2.35. The molecule has 0 spiro atoms. The van der Waals surface area contributed by atoms with Crippen LogP contribution in [0.1, 0.15) is 24.8 Å². The third-order valence-corrected chi connectivity index (χ3v) is 3.84. The fourth-order valence-corrected chi connectivity index (χ4v) is 2.56. The Morgan fingerprint density at radius 1 is 1.25 bits per heavy atom. The minimum absolute atomic E-state index is 0.138. The van der Waals surface area contributed by atoms with Gasteiger partial charge >= 0.3 is 6.01 Å². The maximum atomic E-state index is 13.9. The maximum Gasteiger partial charge on any atom is 0.318 e. The first kappa shape index (κ1) is 16.4. The number of hydrogen-bond acceptors (Lipinski definition) is 6. The average Bonchev–Trinajstić information content (AvgIpc) is 2.63. The highest BCUT2D eigenvalue weighted by atomic mass is 19.1. The van der Waals surface area contributed by atoms with Gasteiger partial charge in [0.1, 0.15) is 12.4 Å². The topological polar surface area (TPSA) is 59.5 Å². The predicted octanol–water partition coefficient (Wildman–Crippen LogP) is 3.02. The summed E-state index contributed by atoms with van der Waals surface area (Å²) in [6, 6.07) is 7.67. The molecule has 1 saturated heterocycles. The van der Waals surface area contributed by atoms with Gasteiger partial charge in [0.2, 0.25) is 0 Å². The van der Waals surface area contributed by atoms with Crippen molar-refractivity contribution < 1.29 is 13.9 Å². The minimum atomic E-state index is -0.491. The second-order valence-electron chi connectivity index (χ2n) is 5.65. The molecule has 1 N–H and O–H groups in total. The van der Waals surface area contributed by atoms with E-state index in [0.717, 1.165) is 43.4 Å². The molecule has 1 aliphatic heterocycles. The summed E-state index contributed by atoms with van der Waals surface area (Å²) in [6.45, 7) is 2.04. The molecule has 0 atom stereocenters. The van der Waals surface area contributed by atoms with Crippen molar-refractivity contribution in [3.8, 4) is 11.8 Å². The van der Waals surface area contributed by atoms with E-state index >= 15 is 0 Å². The minimum Gasteiger partial charge on any atom is -0.497 e. The van der Waals surface area contributed by atoms with Crippen molar-refractivity contribution in [2.45, 2.75) is 25.9 Å². The monoisotopic (exact) mass is 332 g/mol. The Morgan fingerprint density at radius 3 is 2.88 bits per heavy atom. The van der Waals surface area contributed by atoms with E-state index in [0.29, 0.717) is 0 Å². The Hall–Kier alpha value is -2.41. The van der Waals surface area contributed by atoms with Gasteiger partial charge < -0.3 is 14.9 Å². The molecular formula is C17H21FN4O2. The molecule has 0 amide bonds. The Balaban J connectivity index is 1.64. The van der Waals surface area contributed by atoms with Crippen molar-refractivity contribution in [2.24, 2.45) is 0 Å². The molecule has 2 heterocycles. The first-order chi connectivity index (χ1) is 11.7. The van der Waals surface area contributed by atoms with E-state index in [9.17, 15) is 4.39 Å². The number of rotatable bonds is 6. The summed E-state index contributed by atoms with van der Waals surface area (Å²) in [7, 11) is 1.61. The molecule has 1 aliphatic rings. The first-order valence-electron chi connectivity index (χ1n) is 8.04. The van der Waals surface area contributed by atoms with Crippen LogP contribution < -0.4 is 14.9 Å². The van der Waals surface area contributed by atoms with E-state index < -0.39 is 5.82 Å². The Labute approximate surface area is 140 Å². The zero-order valence-corrected chi connectivity index (χ0v) is 13.7. The van der Waals surface area contributed by atoms with E-state index in [1.165, 1.54) is 6.42 Å². The van der Waals surface area contributed by atoms with Crippen molar-refractivity contribution in [3.63, 3.8) is 0 Å². The molecule has 3 rings (SSSR count). The average molecular weight is 332 g/mol. The largest absolute Gasteiger partial charge is 0.497 e. The van der Waals surface area contributed by atoms with Gasteiger partial charge in [0.25, 0.3) is 0 Å². The third kappa shape index (κ3) is 4.32. The molecule has 1 aromatic carbocycles. The number of halogens is 1. The highest BCUT2D eigenvalue weighted by molar-refractivity contribution is 5.35. The van der Waals surface area contributed by atoms with Gasteiger partial charge in [0.15, 0.2) is 11.6 Å². The lowest BCUT2D eigenvalue weighted by atomic mass is 10.2.